The van der Waals surface area contributed by atoms with E-state index in [9.17, 15) is 23.4 Å². The number of aliphatic hydroxyl groups is 1. The Morgan fingerprint density at radius 1 is 1.00 bits per heavy atom. The van der Waals surface area contributed by atoms with E-state index in [4.69, 9.17) is 14.6 Å². The van der Waals surface area contributed by atoms with Gasteiger partial charge in [-0.25, -0.2) is 13.2 Å². The number of sulfonamides is 1. The number of hydrogen-bond acceptors (Lipinski definition) is 8. The third-order valence-electron chi connectivity index (χ3n) is 5.94. The van der Waals surface area contributed by atoms with E-state index in [1.165, 1.54) is 18.2 Å². The van der Waals surface area contributed by atoms with Crippen LogP contribution in [0.2, 0.25) is 0 Å². The minimum Gasteiger partial charge on any atom is -0.506 e. The number of carboxylic acid groups (broad SMARTS) is 1. The molecule has 0 heterocycles. The van der Waals surface area contributed by atoms with Crippen molar-refractivity contribution in [2.75, 3.05) is 30.7 Å². The summed E-state index contributed by atoms with van der Waals surface area (Å²) in [5.74, 6) is -0.0464. The Kier molecular flexibility index (Phi) is 9.79. The lowest BCUT2D eigenvalue weighted by molar-refractivity contribution is -0.139. The first kappa shape index (κ1) is 29.8. The molecule has 0 bridgehead atoms. The molecule has 11 heteroatoms. The fraction of sp³-hybridized carbons (Fsp3) is 0.321. The molecule has 3 rings (SSSR count). The number of rotatable bonds is 13. The van der Waals surface area contributed by atoms with Gasteiger partial charge in [0.25, 0.3) is 0 Å². The van der Waals surface area contributed by atoms with Crippen molar-refractivity contribution in [2.45, 2.75) is 32.9 Å². The second kappa shape index (κ2) is 12.8. The van der Waals surface area contributed by atoms with Gasteiger partial charge in [0.05, 0.1) is 18.0 Å². The zero-order valence-corrected chi connectivity index (χ0v) is 23.1. The third kappa shape index (κ3) is 8.60. The summed E-state index contributed by atoms with van der Waals surface area (Å²) in [6, 6.07) is 15.1. The highest BCUT2D eigenvalue weighted by molar-refractivity contribution is 7.92. The highest BCUT2D eigenvalue weighted by atomic mass is 32.2. The summed E-state index contributed by atoms with van der Waals surface area (Å²) in [5, 5.41) is 32.7. The molecule has 0 fully saturated rings. The molecule has 0 amide bonds. The molecule has 0 saturated carbocycles. The van der Waals surface area contributed by atoms with Gasteiger partial charge in [0.15, 0.2) is 6.61 Å². The van der Waals surface area contributed by atoms with Crippen LogP contribution in [-0.2, 0) is 14.8 Å². The van der Waals surface area contributed by atoms with Crippen LogP contribution in [-0.4, -0.2) is 61.8 Å². The molecule has 3 aromatic rings. The smallest absolute Gasteiger partial charge is 0.341 e. The largest absolute Gasteiger partial charge is 0.506 e. The molecular weight excluding hydrogens is 524 g/mol. The Labute approximate surface area is 228 Å². The van der Waals surface area contributed by atoms with Gasteiger partial charge in [-0.3, -0.25) is 4.72 Å². The molecule has 0 saturated heterocycles. The van der Waals surface area contributed by atoms with E-state index in [0.29, 0.717) is 24.5 Å². The summed E-state index contributed by atoms with van der Waals surface area (Å²) in [4.78, 5) is 10.8. The van der Waals surface area contributed by atoms with Crippen molar-refractivity contribution < 1.29 is 38.0 Å². The second-order valence-electron chi connectivity index (χ2n) is 9.34. The van der Waals surface area contributed by atoms with Crippen LogP contribution in [0.1, 0.15) is 29.7 Å². The topological polar surface area (TPSA) is 154 Å². The average Bonchev–Trinajstić information content (AvgIpc) is 2.86. The first-order chi connectivity index (χ1) is 18.3. The Morgan fingerprint density at radius 2 is 1.69 bits per heavy atom. The summed E-state index contributed by atoms with van der Waals surface area (Å²) in [7, 11) is -3.59. The van der Waals surface area contributed by atoms with Crippen molar-refractivity contribution in [1.82, 2.24) is 5.32 Å². The van der Waals surface area contributed by atoms with Gasteiger partial charge >= 0.3 is 5.97 Å². The van der Waals surface area contributed by atoms with Crippen molar-refractivity contribution in [3.8, 4) is 28.4 Å². The predicted octanol–water partition coefficient (Wildman–Crippen LogP) is 3.60. The summed E-state index contributed by atoms with van der Waals surface area (Å²) in [6.07, 6.45) is 0.0255. The number of aryl methyl sites for hydroxylation is 2. The molecule has 0 aliphatic carbocycles. The molecule has 0 aliphatic heterocycles. The molecule has 3 aromatic carbocycles. The van der Waals surface area contributed by atoms with Crippen LogP contribution in [0.15, 0.2) is 54.6 Å². The minimum atomic E-state index is -3.59. The average molecular weight is 559 g/mol. The number of hydrogen-bond donors (Lipinski definition) is 5. The van der Waals surface area contributed by atoms with Gasteiger partial charge in [0.1, 0.15) is 23.9 Å². The zero-order chi connectivity index (χ0) is 28.7. The normalized spacial score (nSPS) is 12.9. The van der Waals surface area contributed by atoms with Gasteiger partial charge < -0.3 is 30.1 Å². The molecule has 0 spiro atoms. The molecule has 0 radical (unpaired) electrons. The van der Waals surface area contributed by atoms with Gasteiger partial charge in [0.2, 0.25) is 10.0 Å². The second-order valence-corrected chi connectivity index (χ2v) is 11.1. The Bertz CT molecular complexity index is 1400. The van der Waals surface area contributed by atoms with Crippen molar-refractivity contribution >= 4 is 21.7 Å². The van der Waals surface area contributed by atoms with Crippen LogP contribution >= 0.6 is 0 Å². The van der Waals surface area contributed by atoms with E-state index < -0.39 is 28.7 Å². The lowest BCUT2D eigenvalue weighted by Crippen LogP contribution is -2.35. The summed E-state index contributed by atoms with van der Waals surface area (Å²) >= 11 is 0. The maximum absolute atomic E-state index is 11.5. The fourth-order valence-corrected chi connectivity index (χ4v) is 4.68. The molecule has 39 heavy (non-hydrogen) atoms. The molecule has 0 unspecified atom stereocenters. The number of anilines is 1. The monoisotopic (exact) mass is 558 g/mol. The minimum absolute atomic E-state index is 0.00139. The first-order valence-electron chi connectivity index (χ1n) is 12.3. The maximum Gasteiger partial charge on any atom is 0.341 e. The van der Waals surface area contributed by atoms with Crippen molar-refractivity contribution in [3.63, 3.8) is 0 Å². The number of benzene rings is 3. The van der Waals surface area contributed by atoms with Crippen LogP contribution in [0.25, 0.3) is 11.1 Å². The van der Waals surface area contributed by atoms with Crippen LogP contribution in [0.3, 0.4) is 0 Å². The van der Waals surface area contributed by atoms with Crippen LogP contribution in [0.4, 0.5) is 5.69 Å². The summed E-state index contributed by atoms with van der Waals surface area (Å²) in [5.41, 5.74) is 4.16. The molecular formula is C28H34N2O8S. The number of aliphatic hydroxyl groups excluding tert-OH is 1. The van der Waals surface area contributed by atoms with Gasteiger partial charge in [0, 0.05) is 12.6 Å². The molecule has 210 valence electrons. The highest BCUT2D eigenvalue weighted by Gasteiger charge is 2.18. The van der Waals surface area contributed by atoms with Crippen LogP contribution < -0.4 is 19.5 Å². The summed E-state index contributed by atoms with van der Waals surface area (Å²) in [6.45, 7) is 6.06. The molecule has 10 nitrogen and oxygen atoms in total. The van der Waals surface area contributed by atoms with E-state index in [-0.39, 0.29) is 17.5 Å². The standard InChI is InChI=1S/C28H34N2O8S/c1-17-12-22(20-6-5-7-23(14-20)38-16-26(32)33)13-18(2)28(17)37-11-10-29-19(3)27(34)21-8-9-25(31)24(15-21)30-39(4,35)36/h5-9,12-15,19,27,29-31,34H,10-11,16H2,1-4H3,(H,32,33)/t19-,27-/m0/s1. The van der Waals surface area contributed by atoms with Crippen molar-refractivity contribution in [3.05, 3.63) is 71.3 Å². The van der Waals surface area contributed by atoms with Crippen molar-refractivity contribution in [1.29, 1.82) is 0 Å². The fourth-order valence-electron chi connectivity index (χ4n) is 4.11. The number of aromatic hydroxyl groups is 1. The lowest BCUT2D eigenvalue weighted by Gasteiger charge is -2.22. The number of ether oxygens (including phenoxy) is 2. The predicted molar refractivity (Wildman–Crippen MR) is 149 cm³/mol. The van der Waals surface area contributed by atoms with Gasteiger partial charge in [-0.05, 0) is 85.0 Å². The number of phenolic OH excluding ortho intramolecular Hbond substituents is 1. The quantitative estimate of drug-likeness (QED) is 0.156. The van der Waals surface area contributed by atoms with E-state index in [1.807, 2.05) is 38.1 Å². The SMILES string of the molecule is Cc1cc(-c2cccc(OCC(=O)O)c2)cc(C)c1OCCN[C@@H](C)[C@H](O)c1ccc(O)c(NS(C)(=O)=O)c1. The van der Waals surface area contributed by atoms with Crippen LogP contribution in [0.5, 0.6) is 17.2 Å². The highest BCUT2D eigenvalue weighted by Crippen LogP contribution is 2.32. The molecule has 2 atom stereocenters. The number of phenols is 1. The lowest BCUT2D eigenvalue weighted by atomic mass is 9.99. The Balaban J connectivity index is 1.59. The molecule has 0 aromatic heterocycles. The number of carbonyl (C=O) groups is 1. The maximum atomic E-state index is 11.5. The van der Waals surface area contributed by atoms with Gasteiger partial charge in [-0.15, -0.1) is 0 Å². The number of nitrogens with one attached hydrogen (secondary N) is 2. The van der Waals surface area contributed by atoms with Gasteiger partial charge in [-0.1, -0.05) is 18.2 Å². The number of aliphatic carboxylic acids is 1. The van der Waals surface area contributed by atoms with E-state index >= 15 is 0 Å². The zero-order valence-electron chi connectivity index (χ0n) is 22.3. The Hall–Kier alpha value is -3.80. The summed E-state index contributed by atoms with van der Waals surface area (Å²) < 4.78 is 36.6. The van der Waals surface area contributed by atoms with Crippen LogP contribution in [0, 0.1) is 13.8 Å². The molecule has 0 aliphatic rings. The Morgan fingerprint density at radius 3 is 2.33 bits per heavy atom. The van der Waals surface area contributed by atoms with E-state index in [0.717, 1.165) is 34.3 Å². The molecule has 5 N–H and O–H groups in total. The van der Waals surface area contributed by atoms with Crippen molar-refractivity contribution in [2.24, 2.45) is 0 Å². The van der Waals surface area contributed by atoms with E-state index in [1.54, 1.807) is 19.1 Å². The van der Waals surface area contributed by atoms with E-state index in [2.05, 4.69) is 10.0 Å². The first-order valence-corrected chi connectivity index (χ1v) is 14.1. The third-order valence-corrected chi connectivity index (χ3v) is 6.53. The number of carboxylic acids is 1. The van der Waals surface area contributed by atoms with Gasteiger partial charge in [-0.2, -0.15) is 0 Å².